The Labute approximate surface area is 110 Å². The fraction of sp³-hybridized carbons (Fsp3) is 0.714. The van der Waals surface area contributed by atoms with Crippen LogP contribution in [0.1, 0.15) is 44.2 Å². The summed E-state index contributed by atoms with van der Waals surface area (Å²) in [5, 5.41) is 7.59. The van der Waals surface area contributed by atoms with Crippen LogP contribution in [0.3, 0.4) is 0 Å². The molecule has 0 unspecified atom stereocenters. The van der Waals surface area contributed by atoms with Gasteiger partial charge in [0.15, 0.2) is 0 Å². The first-order valence-electron chi connectivity index (χ1n) is 7.26. The zero-order valence-electron chi connectivity index (χ0n) is 10.7. The number of hydrogen-bond donors (Lipinski definition) is 0. The molecule has 4 bridgehead atoms. The smallest absolute Gasteiger partial charge is 0.240 e. The van der Waals surface area contributed by atoms with Crippen molar-refractivity contribution in [3.8, 4) is 0 Å². The average molecular weight is 256 g/mol. The van der Waals surface area contributed by atoms with Crippen molar-refractivity contribution < 1.29 is 4.63 Å². The lowest BCUT2D eigenvalue weighted by molar-refractivity contribution is -0.00723. The van der Waals surface area contributed by atoms with Crippen LogP contribution in [-0.2, 0) is 5.41 Å². The summed E-state index contributed by atoms with van der Waals surface area (Å²) < 4.78 is 4.71. The van der Waals surface area contributed by atoms with Gasteiger partial charge in [0.05, 0.1) is 11.9 Å². The highest BCUT2D eigenvalue weighted by Gasteiger charge is 2.52. The van der Waals surface area contributed by atoms with Gasteiger partial charge in [-0.1, -0.05) is 0 Å². The Bertz CT molecular complexity index is 614. The highest BCUT2D eigenvalue weighted by Crippen LogP contribution is 2.60. The molecule has 4 aliphatic rings. The van der Waals surface area contributed by atoms with Crippen molar-refractivity contribution in [1.29, 1.82) is 0 Å². The van der Waals surface area contributed by atoms with Crippen molar-refractivity contribution in [3.05, 3.63) is 11.9 Å². The molecule has 0 N–H and O–H groups in total. The van der Waals surface area contributed by atoms with Gasteiger partial charge in [0, 0.05) is 5.41 Å². The van der Waals surface area contributed by atoms with Gasteiger partial charge in [-0.05, 0) is 66.6 Å². The van der Waals surface area contributed by atoms with Crippen molar-refractivity contribution in [1.82, 2.24) is 20.3 Å². The Balaban J connectivity index is 1.64. The maximum Gasteiger partial charge on any atom is 0.243 e. The van der Waals surface area contributed by atoms with E-state index in [2.05, 4.69) is 15.3 Å². The van der Waals surface area contributed by atoms with Gasteiger partial charge in [-0.3, -0.25) is 0 Å². The summed E-state index contributed by atoms with van der Waals surface area (Å²) in [5.74, 6) is 2.75. The van der Waals surface area contributed by atoms with Crippen molar-refractivity contribution in [2.45, 2.75) is 43.9 Å². The minimum absolute atomic E-state index is 0.273. The molecule has 5 nitrogen and oxygen atoms in total. The standard InChI is InChI=1S/C14H16N4O/c1-8-2-10-3-9(1)5-14(4-8,6-10)11-7-15-12-13(16-11)18-19-17-12/h7-10H,1-6H2. The van der Waals surface area contributed by atoms with Crippen molar-refractivity contribution >= 4 is 11.3 Å². The van der Waals surface area contributed by atoms with Gasteiger partial charge in [0.1, 0.15) is 0 Å². The summed E-state index contributed by atoms with van der Waals surface area (Å²) in [5.41, 5.74) is 2.49. The largest absolute Gasteiger partial charge is 0.243 e. The van der Waals surface area contributed by atoms with Crippen LogP contribution in [0.25, 0.3) is 11.3 Å². The monoisotopic (exact) mass is 256 g/mol. The first kappa shape index (κ1) is 10.3. The van der Waals surface area contributed by atoms with Gasteiger partial charge in [-0.2, -0.15) is 0 Å². The summed E-state index contributed by atoms with van der Waals surface area (Å²) in [6, 6.07) is 0. The van der Waals surface area contributed by atoms with Crippen molar-refractivity contribution in [2.75, 3.05) is 0 Å². The molecular formula is C14H16N4O. The molecule has 98 valence electrons. The number of aromatic nitrogens is 4. The third-order valence-corrected chi connectivity index (χ3v) is 5.57. The van der Waals surface area contributed by atoms with Crippen LogP contribution in [0, 0.1) is 17.8 Å². The van der Waals surface area contributed by atoms with Crippen LogP contribution in [0.2, 0.25) is 0 Å². The lowest BCUT2D eigenvalue weighted by atomic mass is 9.49. The molecule has 0 atom stereocenters. The van der Waals surface area contributed by atoms with Gasteiger partial charge in [-0.15, -0.1) is 0 Å². The average Bonchev–Trinajstić information content (AvgIpc) is 2.84. The quantitative estimate of drug-likeness (QED) is 0.784. The summed E-state index contributed by atoms with van der Waals surface area (Å²) in [6.07, 6.45) is 10.1. The normalized spacial score (nSPS) is 40.1. The van der Waals surface area contributed by atoms with Gasteiger partial charge in [0.25, 0.3) is 0 Å². The fourth-order valence-corrected chi connectivity index (χ4v) is 5.28. The Morgan fingerprint density at radius 2 is 1.58 bits per heavy atom. The topological polar surface area (TPSA) is 64.7 Å². The molecule has 0 amide bonds. The molecule has 0 saturated heterocycles. The first-order chi connectivity index (χ1) is 9.31. The summed E-state index contributed by atoms with van der Waals surface area (Å²) in [6.45, 7) is 0. The van der Waals surface area contributed by atoms with E-state index in [4.69, 9.17) is 9.61 Å². The Morgan fingerprint density at radius 1 is 0.947 bits per heavy atom. The molecule has 4 saturated carbocycles. The number of fused-ring (bicyclic) bond motifs is 1. The Morgan fingerprint density at radius 3 is 2.26 bits per heavy atom. The predicted octanol–water partition coefficient (Wildman–Crippen LogP) is 2.48. The summed E-state index contributed by atoms with van der Waals surface area (Å²) in [4.78, 5) is 9.06. The number of hydrogen-bond acceptors (Lipinski definition) is 5. The SMILES string of the molecule is c1nc2nonc2nc1C12CC3CC(CC(C3)C1)C2. The van der Waals surface area contributed by atoms with Crippen LogP contribution in [0.5, 0.6) is 0 Å². The lowest BCUT2D eigenvalue weighted by Crippen LogP contribution is -2.49. The van der Waals surface area contributed by atoms with Crippen LogP contribution >= 0.6 is 0 Å². The van der Waals surface area contributed by atoms with Crippen molar-refractivity contribution in [3.63, 3.8) is 0 Å². The van der Waals surface area contributed by atoms with Gasteiger partial charge in [0.2, 0.25) is 11.3 Å². The van der Waals surface area contributed by atoms with E-state index in [9.17, 15) is 0 Å². The van der Waals surface area contributed by atoms with E-state index in [0.29, 0.717) is 11.3 Å². The van der Waals surface area contributed by atoms with E-state index >= 15 is 0 Å². The van der Waals surface area contributed by atoms with Crippen LogP contribution in [-0.4, -0.2) is 20.3 Å². The number of nitrogens with zero attached hydrogens (tertiary/aromatic N) is 4. The van der Waals surface area contributed by atoms with E-state index in [-0.39, 0.29) is 5.41 Å². The summed E-state index contributed by atoms with van der Waals surface area (Å²) >= 11 is 0. The van der Waals surface area contributed by atoms with E-state index in [1.807, 2.05) is 6.20 Å². The third-order valence-electron chi connectivity index (χ3n) is 5.57. The molecule has 0 aliphatic heterocycles. The molecule has 0 spiro atoms. The lowest BCUT2D eigenvalue weighted by Gasteiger charge is -2.56. The second-order valence-corrected chi connectivity index (χ2v) is 6.86. The molecule has 19 heavy (non-hydrogen) atoms. The highest BCUT2D eigenvalue weighted by molar-refractivity contribution is 5.62. The zero-order valence-corrected chi connectivity index (χ0v) is 10.7. The molecule has 2 heterocycles. The third kappa shape index (κ3) is 1.36. The molecular weight excluding hydrogens is 240 g/mol. The Kier molecular flexibility index (Phi) is 1.80. The van der Waals surface area contributed by atoms with Crippen LogP contribution in [0.15, 0.2) is 10.8 Å². The molecule has 4 fully saturated rings. The highest BCUT2D eigenvalue weighted by atomic mass is 16.6. The zero-order chi connectivity index (χ0) is 12.4. The van der Waals surface area contributed by atoms with Gasteiger partial charge < -0.3 is 0 Å². The van der Waals surface area contributed by atoms with Crippen LogP contribution < -0.4 is 0 Å². The Hall–Kier alpha value is -1.52. The van der Waals surface area contributed by atoms with E-state index in [0.717, 1.165) is 23.4 Å². The maximum atomic E-state index is 4.71. The second kappa shape index (κ2) is 3.32. The van der Waals surface area contributed by atoms with E-state index in [1.54, 1.807) is 0 Å². The van der Waals surface area contributed by atoms with Crippen LogP contribution in [0.4, 0.5) is 0 Å². The molecule has 4 aliphatic carbocycles. The first-order valence-corrected chi connectivity index (χ1v) is 7.26. The van der Waals surface area contributed by atoms with Gasteiger partial charge >= 0.3 is 0 Å². The van der Waals surface area contributed by atoms with E-state index < -0.39 is 0 Å². The van der Waals surface area contributed by atoms with Gasteiger partial charge in [-0.25, -0.2) is 14.6 Å². The molecule has 0 radical (unpaired) electrons. The molecule has 5 heteroatoms. The number of rotatable bonds is 1. The van der Waals surface area contributed by atoms with Crippen molar-refractivity contribution in [2.24, 2.45) is 17.8 Å². The minimum atomic E-state index is 0.273. The molecule has 0 aromatic carbocycles. The fourth-order valence-electron chi connectivity index (χ4n) is 5.28. The minimum Gasteiger partial charge on any atom is -0.240 e. The molecule has 6 rings (SSSR count). The van der Waals surface area contributed by atoms with E-state index in [1.165, 1.54) is 38.5 Å². The maximum absolute atomic E-state index is 4.71. The molecule has 2 aromatic heterocycles. The summed E-state index contributed by atoms with van der Waals surface area (Å²) in [7, 11) is 0. The molecule has 2 aromatic rings. The second-order valence-electron chi connectivity index (χ2n) is 6.86. The predicted molar refractivity (Wildman–Crippen MR) is 67.2 cm³/mol.